The second-order valence-electron chi connectivity index (χ2n) is 1.90. The third-order valence-corrected chi connectivity index (χ3v) is 1.25. The fourth-order valence-electron chi connectivity index (χ4n) is 0.439. The van der Waals surface area contributed by atoms with Gasteiger partial charge < -0.3 is 15.3 Å². The maximum absolute atomic E-state index is 8.50. The van der Waals surface area contributed by atoms with Crippen LogP contribution < -0.4 is 0 Å². The van der Waals surface area contributed by atoms with E-state index >= 15 is 0 Å². The molecule has 0 rings (SSSR count). The van der Waals surface area contributed by atoms with Crippen molar-refractivity contribution in [3.05, 3.63) is 0 Å². The summed E-state index contributed by atoms with van der Waals surface area (Å²) in [6, 6.07) is -0.181. The molecule has 0 aliphatic carbocycles. The van der Waals surface area contributed by atoms with Crippen LogP contribution in [-0.4, -0.2) is 46.3 Å². The monoisotopic (exact) mass is 171 g/mol. The summed E-state index contributed by atoms with van der Waals surface area (Å²) in [5.74, 6) is 0. The van der Waals surface area contributed by atoms with E-state index in [1.807, 2.05) is 0 Å². The van der Waals surface area contributed by atoms with Gasteiger partial charge in [0, 0.05) is 6.04 Å². The molecule has 4 nitrogen and oxygen atoms in total. The molecule has 5 heteroatoms. The normalized spacial score (nSPS) is 12.9. The van der Waals surface area contributed by atoms with Crippen molar-refractivity contribution in [2.24, 2.45) is 0 Å². The highest BCUT2D eigenvalue weighted by Crippen LogP contribution is 1.92. The van der Waals surface area contributed by atoms with E-state index in [-0.39, 0.29) is 38.5 Å². The van der Waals surface area contributed by atoms with Crippen LogP contribution in [0.4, 0.5) is 0 Å². The Morgan fingerprint density at radius 1 is 1.20 bits per heavy atom. The van der Waals surface area contributed by atoms with E-state index in [2.05, 4.69) is 0 Å². The SMILES string of the molecule is CC(CO)N(CO)CO.Cl. The number of hydrogen-bond acceptors (Lipinski definition) is 4. The first-order valence-corrected chi connectivity index (χ1v) is 2.82. The highest BCUT2D eigenvalue weighted by molar-refractivity contribution is 5.85. The van der Waals surface area contributed by atoms with Gasteiger partial charge in [0.05, 0.1) is 20.1 Å². The second kappa shape index (κ2) is 7.24. The van der Waals surface area contributed by atoms with E-state index in [9.17, 15) is 0 Å². The lowest BCUT2D eigenvalue weighted by Crippen LogP contribution is -2.36. The number of hydrogen-bond donors (Lipinski definition) is 3. The summed E-state index contributed by atoms with van der Waals surface area (Å²) in [5, 5.41) is 25.5. The molecular formula is C5H14ClNO3. The zero-order valence-corrected chi connectivity index (χ0v) is 6.71. The number of aliphatic hydroxyl groups is 3. The van der Waals surface area contributed by atoms with Crippen LogP contribution in [0.1, 0.15) is 6.92 Å². The van der Waals surface area contributed by atoms with Crippen molar-refractivity contribution in [3.63, 3.8) is 0 Å². The lowest BCUT2D eigenvalue weighted by atomic mass is 10.3. The average molecular weight is 172 g/mol. The Hall–Kier alpha value is 0.130. The number of aliphatic hydroxyl groups excluding tert-OH is 3. The first kappa shape index (κ1) is 12.8. The van der Waals surface area contributed by atoms with Crippen LogP contribution in [0.25, 0.3) is 0 Å². The standard InChI is InChI=1S/C5H13NO3.ClH/c1-5(2-7)6(3-8)4-9;/h5,7-9H,2-4H2,1H3;1H. The molecule has 64 valence electrons. The van der Waals surface area contributed by atoms with Gasteiger partial charge >= 0.3 is 0 Å². The molecule has 0 radical (unpaired) electrons. The molecule has 0 aliphatic rings. The zero-order valence-electron chi connectivity index (χ0n) is 5.90. The number of rotatable bonds is 4. The molecule has 10 heavy (non-hydrogen) atoms. The zero-order chi connectivity index (χ0) is 7.28. The van der Waals surface area contributed by atoms with Crippen molar-refractivity contribution in [2.45, 2.75) is 13.0 Å². The molecule has 0 aromatic heterocycles. The number of nitrogens with zero attached hydrogens (tertiary/aromatic N) is 1. The molecule has 1 atom stereocenters. The molecule has 0 saturated carbocycles. The highest BCUT2D eigenvalue weighted by Gasteiger charge is 2.08. The second-order valence-corrected chi connectivity index (χ2v) is 1.90. The Bertz CT molecular complexity index is 69.9. The van der Waals surface area contributed by atoms with Gasteiger partial charge in [-0.25, -0.2) is 0 Å². The molecule has 1 unspecified atom stereocenters. The molecule has 0 spiro atoms. The number of halogens is 1. The van der Waals surface area contributed by atoms with Crippen molar-refractivity contribution in [1.82, 2.24) is 4.90 Å². The summed E-state index contributed by atoms with van der Waals surface area (Å²) in [5.41, 5.74) is 0. The van der Waals surface area contributed by atoms with E-state index in [1.54, 1.807) is 6.92 Å². The van der Waals surface area contributed by atoms with Gasteiger partial charge in [-0.2, -0.15) is 0 Å². The fourth-order valence-corrected chi connectivity index (χ4v) is 0.439. The maximum Gasteiger partial charge on any atom is 0.0977 e. The molecule has 0 amide bonds. The Morgan fingerprint density at radius 3 is 1.70 bits per heavy atom. The lowest BCUT2D eigenvalue weighted by molar-refractivity contribution is -0.0136. The van der Waals surface area contributed by atoms with Crippen LogP contribution in [0.3, 0.4) is 0 Å². The van der Waals surface area contributed by atoms with Crippen molar-refractivity contribution < 1.29 is 15.3 Å². The summed E-state index contributed by atoms with van der Waals surface area (Å²) in [6.45, 7) is 1.21. The molecule has 0 saturated heterocycles. The van der Waals surface area contributed by atoms with E-state index in [0.29, 0.717) is 0 Å². The minimum atomic E-state index is -0.224. The molecular weight excluding hydrogens is 158 g/mol. The van der Waals surface area contributed by atoms with Crippen molar-refractivity contribution in [1.29, 1.82) is 0 Å². The van der Waals surface area contributed by atoms with Crippen LogP contribution in [0.5, 0.6) is 0 Å². The van der Waals surface area contributed by atoms with Crippen LogP contribution in [0.2, 0.25) is 0 Å². The molecule has 0 aromatic carbocycles. The topological polar surface area (TPSA) is 63.9 Å². The quantitative estimate of drug-likeness (QED) is 0.475. The van der Waals surface area contributed by atoms with Crippen molar-refractivity contribution in [2.75, 3.05) is 20.1 Å². The average Bonchev–Trinajstić information content (AvgIpc) is 1.90. The lowest BCUT2D eigenvalue weighted by Gasteiger charge is -2.21. The minimum Gasteiger partial charge on any atom is -0.395 e. The molecule has 0 aliphatic heterocycles. The smallest absolute Gasteiger partial charge is 0.0977 e. The van der Waals surface area contributed by atoms with Gasteiger partial charge in [0.1, 0.15) is 0 Å². The largest absolute Gasteiger partial charge is 0.395 e. The summed E-state index contributed by atoms with van der Waals surface area (Å²) < 4.78 is 0. The van der Waals surface area contributed by atoms with Gasteiger partial charge in [-0.1, -0.05) is 0 Å². The van der Waals surface area contributed by atoms with E-state index in [1.165, 1.54) is 4.90 Å². The Morgan fingerprint density at radius 2 is 1.60 bits per heavy atom. The Labute approximate surface area is 66.5 Å². The molecule has 0 aromatic rings. The summed E-state index contributed by atoms with van der Waals surface area (Å²) in [6.07, 6.45) is 0. The molecule has 0 heterocycles. The molecule has 0 fully saturated rings. The van der Waals surface area contributed by atoms with Crippen LogP contribution in [-0.2, 0) is 0 Å². The predicted octanol–water partition coefficient (Wildman–Crippen LogP) is -1.01. The van der Waals surface area contributed by atoms with Gasteiger partial charge in [0.25, 0.3) is 0 Å². The van der Waals surface area contributed by atoms with Gasteiger partial charge in [0.2, 0.25) is 0 Å². The van der Waals surface area contributed by atoms with Crippen LogP contribution >= 0.6 is 12.4 Å². The van der Waals surface area contributed by atoms with Gasteiger partial charge in [-0.3, -0.25) is 4.90 Å². The van der Waals surface area contributed by atoms with E-state index in [4.69, 9.17) is 15.3 Å². The third kappa shape index (κ3) is 4.03. The van der Waals surface area contributed by atoms with Crippen molar-refractivity contribution >= 4 is 12.4 Å². The molecule has 3 N–H and O–H groups in total. The summed E-state index contributed by atoms with van der Waals surface area (Å²) >= 11 is 0. The van der Waals surface area contributed by atoms with Crippen LogP contribution in [0.15, 0.2) is 0 Å². The minimum absolute atomic E-state index is 0. The highest BCUT2D eigenvalue weighted by atomic mass is 35.5. The Balaban J connectivity index is 0. The first-order valence-electron chi connectivity index (χ1n) is 2.82. The molecule has 0 bridgehead atoms. The van der Waals surface area contributed by atoms with Gasteiger partial charge in [-0.05, 0) is 6.92 Å². The predicted molar refractivity (Wildman–Crippen MR) is 39.8 cm³/mol. The fraction of sp³-hybridized carbons (Fsp3) is 1.00. The van der Waals surface area contributed by atoms with E-state index in [0.717, 1.165) is 0 Å². The first-order chi connectivity index (χ1) is 4.26. The van der Waals surface area contributed by atoms with E-state index < -0.39 is 0 Å². The van der Waals surface area contributed by atoms with Crippen LogP contribution in [0, 0.1) is 0 Å². The maximum atomic E-state index is 8.50. The van der Waals surface area contributed by atoms with Gasteiger partial charge in [0.15, 0.2) is 0 Å². The third-order valence-electron chi connectivity index (χ3n) is 1.25. The summed E-state index contributed by atoms with van der Waals surface area (Å²) in [4.78, 5) is 1.33. The van der Waals surface area contributed by atoms with Crippen molar-refractivity contribution in [3.8, 4) is 0 Å². The Kier molecular flexibility index (Phi) is 9.25. The summed E-state index contributed by atoms with van der Waals surface area (Å²) in [7, 11) is 0. The van der Waals surface area contributed by atoms with Gasteiger partial charge in [-0.15, -0.1) is 12.4 Å².